The molecule has 4 rings (SSSR count). The molecule has 0 aromatic carbocycles. The van der Waals surface area contributed by atoms with Crippen molar-refractivity contribution in [1.29, 1.82) is 0 Å². The van der Waals surface area contributed by atoms with Crippen LogP contribution in [0.3, 0.4) is 0 Å². The van der Waals surface area contributed by atoms with E-state index in [4.69, 9.17) is 0 Å². The number of imidazole rings is 1. The number of aromatic nitrogens is 4. The van der Waals surface area contributed by atoms with Gasteiger partial charge in [-0.25, -0.2) is 15.0 Å². The standard InChI is InChI=1S/C15H15N5OS/c1-2-13-16-6-10-7-20(9-12(10)18-13)14(21)5-11-8-19-3-4-22-15(19)17-11/h3-4,6,8H,2,5,7,9H2,1H3. The summed E-state index contributed by atoms with van der Waals surface area (Å²) < 4.78 is 1.95. The lowest BCUT2D eigenvalue weighted by molar-refractivity contribution is -0.131. The Morgan fingerprint density at radius 3 is 3.09 bits per heavy atom. The normalized spacial score (nSPS) is 13.8. The molecule has 22 heavy (non-hydrogen) atoms. The van der Waals surface area contributed by atoms with Crippen LogP contribution in [0.15, 0.2) is 24.0 Å². The van der Waals surface area contributed by atoms with E-state index in [1.54, 1.807) is 11.3 Å². The van der Waals surface area contributed by atoms with E-state index in [0.717, 1.165) is 34.2 Å². The van der Waals surface area contributed by atoms with Crippen molar-refractivity contribution in [2.75, 3.05) is 0 Å². The molecule has 0 spiro atoms. The maximum atomic E-state index is 12.5. The van der Waals surface area contributed by atoms with E-state index >= 15 is 0 Å². The first kappa shape index (κ1) is 13.4. The van der Waals surface area contributed by atoms with Gasteiger partial charge in [0.1, 0.15) is 5.82 Å². The van der Waals surface area contributed by atoms with Crippen molar-refractivity contribution in [3.8, 4) is 0 Å². The summed E-state index contributed by atoms with van der Waals surface area (Å²) in [5.74, 6) is 0.921. The van der Waals surface area contributed by atoms with E-state index in [1.807, 2.05) is 40.2 Å². The SMILES string of the molecule is CCc1ncc2c(n1)CN(C(=O)Cc1cn3ccsc3n1)C2. The van der Waals surface area contributed by atoms with Gasteiger partial charge in [-0.05, 0) is 0 Å². The molecule has 7 heteroatoms. The summed E-state index contributed by atoms with van der Waals surface area (Å²) in [6, 6.07) is 0. The second-order valence-corrected chi connectivity index (χ2v) is 6.24. The zero-order valence-electron chi connectivity index (χ0n) is 12.2. The molecule has 3 aromatic heterocycles. The first-order valence-corrected chi connectivity index (χ1v) is 8.13. The highest BCUT2D eigenvalue weighted by Gasteiger charge is 2.25. The first-order valence-electron chi connectivity index (χ1n) is 7.25. The number of nitrogens with zero attached hydrogens (tertiary/aromatic N) is 5. The maximum Gasteiger partial charge on any atom is 0.229 e. The zero-order valence-corrected chi connectivity index (χ0v) is 13.0. The van der Waals surface area contributed by atoms with Crippen molar-refractivity contribution >= 4 is 22.2 Å². The molecule has 0 saturated heterocycles. The van der Waals surface area contributed by atoms with E-state index in [1.165, 1.54) is 0 Å². The average molecular weight is 313 g/mol. The van der Waals surface area contributed by atoms with E-state index in [9.17, 15) is 4.79 Å². The monoisotopic (exact) mass is 313 g/mol. The van der Waals surface area contributed by atoms with Crippen LogP contribution in [0.4, 0.5) is 0 Å². The summed E-state index contributed by atoms with van der Waals surface area (Å²) in [6.07, 6.45) is 6.86. The van der Waals surface area contributed by atoms with Crippen molar-refractivity contribution in [3.05, 3.63) is 46.7 Å². The van der Waals surface area contributed by atoms with Gasteiger partial charge in [-0.1, -0.05) is 6.92 Å². The first-order chi connectivity index (χ1) is 10.7. The van der Waals surface area contributed by atoms with E-state index < -0.39 is 0 Å². The maximum absolute atomic E-state index is 12.5. The highest BCUT2D eigenvalue weighted by molar-refractivity contribution is 7.15. The summed E-state index contributed by atoms with van der Waals surface area (Å²) in [4.78, 5) is 28.5. The Hall–Kier alpha value is -2.28. The van der Waals surface area contributed by atoms with Gasteiger partial charge in [0.05, 0.1) is 24.4 Å². The van der Waals surface area contributed by atoms with Gasteiger partial charge in [0.25, 0.3) is 0 Å². The number of hydrogen-bond acceptors (Lipinski definition) is 5. The van der Waals surface area contributed by atoms with Crippen molar-refractivity contribution in [2.24, 2.45) is 0 Å². The molecule has 0 bridgehead atoms. The zero-order chi connectivity index (χ0) is 15.1. The highest BCUT2D eigenvalue weighted by atomic mass is 32.1. The fraction of sp³-hybridized carbons (Fsp3) is 0.333. The van der Waals surface area contributed by atoms with Crippen LogP contribution in [0.5, 0.6) is 0 Å². The van der Waals surface area contributed by atoms with Crippen LogP contribution in [0.25, 0.3) is 4.96 Å². The third-order valence-corrected chi connectivity index (χ3v) is 4.62. The Balaban J connectivity index is 1.49. The van der Waals surface area contributed by atoms with Crippen LogP contribution < -0.4 is 0 Å². The molecule has 1 aliphatic rings. The Morgan fingerprint density at radius 1 is 1.36 bits per heavy atom. The second kappa shape index (κ2) is 5.17. The molecule has 0 N–H and O–H groups in total. The van der Waals surface area contributed by atoms with Crippen LogP contribution in [-0.4, -0.2) is 30.2 Å². The van der Waals surface area contributed by atoms with Crippen LogP contribution >= 0.6 is 11.3 Å². The molecular formula is C15H15N5OS. The summed E-state index contributed by atoms with van der Waals surface area (Å²) in [5.41, 5.74) is 2.84. The topological polar surface area (TPSA) is 63.4 Å². The lowest BCUT2D eigenvalue weighted by Gasteiger charge is -2.13. The largest absolute Gasteiger partial charge is 0.332 e. The minimum absolute atomic E-state index is 0.0850. The van der Waals surface area contributed by atoms with Gasteiger partial charge in [-0.2, -0.15) is 0 Å². The molecule has 0 atom stereocenters. The summed E-state index contributed by atoms with van der Waals surface area (Å²) in [5, 5.41) is 1.98. The van der Waals surface area contributed by atoms with E-state index in [2.05, 4.69) is 15.0 Å². The number of carbonyl (C=O) groups excluding carboxylic acids is 1. The van der Waals surface area contributed by atoms with E-state index in [0.29, 0.717) is 19.5 Å². The molecule has 0 aliphatic carbocycles. The Bertz CT molecular complexity index is 824. The smallest absolute Gasteiger partial charge is 0.229 e. The number of hydrogen-bond donors (Lipinski definition) is 0. The predicted molar refractivity (Wildman–Crippen MR) is 82.4 cm³/mol. The van der Waals surface area contributed by atoms with Crippen molar-refractivity contribution in [3.63, 3.8) is 0 Å². The molecule has 0 saturated carbocycles. The third kappa shape index (κ3) is 2.27. The predicted octanol–water partition coefficient (Wildman–Crippen LogP) is 1.83. The van der Waals surface area contributed by atoms with Gasteiger partial charge in [-0.15, -0.1) is 11.3 Å². The molecule has 3 aromatic rings. The second-order valence-electron chi connectivity index (χ2n) is 5.36. The molecule has 112 valence electrons. The van der Waals surface area contributed by atoms with Crippen molar-refractivity contribution in [2.45, 2.75) is 32.9 Å². The molecule has 0 radical (unpaired) electrons. The molecule has 6 nitrogen and oxygen atoms in total. The Labute approximate surface area is 131 Å². The number of rotatable bonds is 3. The minimum atomic E-state index is 0.0850. The van der Waals surface area contributed by atoms with Gasteiger partial charge < -0.3 is 4.90 Å². The molecule has 1 aliphatic heterocycles. The Morgan fingerprint density at radius 2 is 2.27 bits per heavy atom. The molecule has 1 amide bonds. The number of fused-ring (bicyclic) bond motifs is 2. The van der Waals surface area contributed by atoms with Gasteiger partial charge in [0.2, 0.25) is 5.91 Å². The molecule has 0 fully saturated rings. The molecule has 4 heterocycles. The average Bonchev–Trinajstić information content (AvgIpc) is 3.19. The van der Waals surface area contributed by atoms with E-state index in [-0.39, 0.29) is 5.91 Å². The number of amides is 1. The third-order valence-electron chi connectivity index (χ3n) is 3.85. The molecular weight excluding hydrogens is 298 g/mol. The Kier molecular flexibility index (Phi) is 3.15. The number of carbonyl (C=O) groups is 1. The van der Waals surface area contributed by atoms with Crippen molar-refractivity contribution in [1.82, 2.24) is 24.3 Å². The van der Waals surface area contributed by atoms with Crippen LogP contribution in [0, 0.1) is 0 Å². The minimum Gasteiger partial charge on any atom is -0.332 e. The van der Waals surface area contributed by atoms with Gasteiger partial charge in [0.15, 0.2) is 4.96 Å². The lowest BCUT2D eigenvalue weighted by Crippen LogP contribution is -2.27. The number of aryl methyl sites for hydroxylation is 1. The quantitative estimate of drug-likeness (QED) is 0.740. The van der Waals surface area contributed by atoms with Crippen LogP contribution in [0.1, 0.15) is 29.7 Å². The summed E-state index contributed by atoms with van der Waals surface area (Å²) >= 11 is 1.57. The fourth-order valence-electron chi connectivity index (χ4n) is 2.67. The van der Waals surface area contributed by atoms with Crippen LogP contribution in [0.2, 0.25) is 0 Å². The molecule has 0 unspecified atom stereocenters. The van der Waals surface area contributed by atoms with Crippen LogP contribution in [-0.2, 0) is 30.7 Å². The van der Waals surface area contributed by atoms with Crippen molar-refractivity contribution < 1.29 is 4.79 Å². The highest BCUT2D eigenvalue weighted by Crippen LogP contribution is 2.21. The summed E-state index contributed by atoms with van der Waals surface area (Å²) in [7, 11) is 0. The number of thiazole rings is 1. The fourth-order valence-corrected chi connectivity index (χ4v) is 3.39. The van der Waals surface area contributed by atoms with Gasteiger partial charge in [-0.3, -0.25) is 9.20 Å². The van der Waals surface area contributed by atoms with Gasteiger partial charge in [0, 0.05) is 42.5 Å². The van der Waals surface area contributed by atoms with Gasteiger partial charge >= 0.3 is 0 Å². The lowest BCUT2D eigenvalue weighted by atomic mass is 10.3. The summed E-state index contributed by atoms with van der Waals surface area (Å²) in [6.45, 7) is 3.20.